The average molecular weight is 351 g/mol. The molecule has 3 aromatic rings. The van der Waals surface area contributed by atoms with E-state index in [2.05, 4.69) is 19.8 Å². The fourth-order valence-corrected chi connectivity index (χ4v) is 3.24. The monoisotopic (exact) mass is 350 g/mol. The van der Waals surface area contributed by atoms with Crippen LogP contribution in [-0.4, -0.2) is 34.1 Å². The first-order valence-electron chi connectivity index (χ1n) is 7.81. The number of rotatable bonds is 3. The number of fused-ring (bicyclic) bond motifs is 1. The molecule has 128 valence electrons. The summed E-state index contributed by atoms with van der Waals surface area (Å²) >= 11 is 0. The zero-order valence-corrected chi connectivity index (χ0v) is 14.2. The summed E-state index contributed by atoms with van der Waals surface area (Å²) in [5.41, 5.74) is 0.727. The molecule has 1 aromatic carbocycles. The SMILES string of the molecule is Cl.Cn1ccnc1C1CNCCN1Cc1cc2cc(F)ccc2o1. The van der Waals surface area contributed by atoms with Crippen LogP contribution >= 0.6 is 12.4 Å². The van der Waals surface area contributed by atoms with Gasteiger partial charge in [-0.25, -0.2) is 9.37 Å². The lowest BCUT2D eigenvalue weighted by Crippen LogP contribution is -2.46. The summed E-state index contributed by atoms with van der Waals surface area (Å²) in [7, 11) is 2.01. The first-order chi connectivity index (χ1) is 11.2. The van der Waals surface area contributed by atoms with E-state index in [0.29, 0.717) is 6.54 Å². The number of imidazole rings is 1. The fraction of sp³-hybridized carbons (Fsp3) is 0.353. The molecular formula is C17H20ClFN4O. The number of halogens is 2. The molecule has 0 bridgehead atoms. The van der Waals surface area contributed by atoms with Crippen LogP contribution < -0.4 is 5.32 Å². The molecule has 4 rings (SSSR count). The number of piperazine rings is 1. The molecule has 3 heterocycles. The van der Waals surface area contributed by atoms with Crippen molar-refractivity contribution in [2.75, 3.05) is 19.6 Å². The van der Waals surface area contributed by atoms with Crippen LogP contribution in [0.2, 0.25) is 0 Å². The first kappa shape index (κ1) is 17.0. The van der Waals surface area contributed by atoms with Gasteiger partial charge in [0.1, 0.15) is 23.0 Å². The predicted octanol–water partition coefficient (Wildman–Crippen LogP) is 2.87. The second-order valence-corrected chi connectivity index (χ2v) is 5.98. The molecular weight excluding hydrogens is 331 g/mol. The van der Waals surface area contributed by atoms with Crippen molar-refractivity contribution in [2.24, 2.45) is 7.05 Å². The molecule has 5 nitrogen and oxygen atoms in total. The van der Waals surface area contributed by atoms with Crippen LogP contribution in [0.1, 0.15) is 17.6 Å². The van der Waals surface area contributed by atoms with Crippen LogP contribution in [0.25, 0.3) is 11.0 Å². The van der Waals surface area contributed by atoms with Gasteiger partial charge in [-0.2, -0.15) is 0 Å². The normalized spacial score (nSPS) is 18.7. The molecule has 0 spiro atoms. The number of aromatic nitrogens is 2. The Morgan fingerprint density at radius 1 is 1.38 bits per heavy atom. The molecule has 7 heteroatoms. The molecule has 0 aliphatic carbocycles. The second-order valence-electron chi connectivity index (χ2n) is 5.98. The third kappa shape index (κ3) is 3.17. The lowest BCUT2D eigenvalue weighted by atomic mass is 10.1. The van der Waals surface area contributed by atoms with Gasteiger partial charge >= 0.3 is 0 Å². The van der Waals surface area contributed by atoms with Gasteiger partial charge in [0.05, 0.1) is 12.6 Å². The minimum absolute atomic E-state index is 0. The van der Waals surface area contributed by atoms with Gasteiger partial charge in [0.25, 0.3) is 0 Å². The Kier molecular flexibility index (Phi) is 4.89. The van der Waals surface area contributed by atoms with Crippen LogP contribution in [0.15, 0.2) is 41.1 Å². The minimum Gasteiger partial charge on any atom is -0.460 e. The van der Waals surface area contributed by atoms with E-state index >= 15 is 0 Å². The van der Waals surface area contributed by atoms with Crippen molar-refractivity contribution in [3.05, 3.63) is 54.1 Å². The minimum atomic E-state index is -0.238. The highest BCUT2D eigenvalue weighted by molar-refractivity contribution is 5.85. The molecule has 0 radical (unpaired) electrons. The van der Waals surface area contributed by atoms with Crippen molar-refractivity contribution in [1.29, 1.82) is 0 Å². The molecule has 1 atom stereocenters. The highest BCUT2D eigenvalue weighted by Gasteiger charge is 2.27. The maximum Gasteiger partial charge on any atom is 0.134 e. The van der Waals surface area contributed by atoms with E-state index in [1.165, 1.54) is 12.1 Å². The van der Waals surface area contributed by atoms with Crippen LogP contribution in [-0.2, 0) is 13.6 Å². The van der Waals surface area contributed by atoms with Gasteiger partial charge in [0.15, 0.2) is 0 Å². The molecule has 0 saturated carbocycles. The zero-order chi connectivity index (χ0) is 15.8. The number of hydrogen-bond acceptors (Lipinski definition) is 4. The number of nitrogens with one attached hydrogen (secondary N) is 1. The molecule has 1 N–H and O–H groups in total. The maximum absolute atomic E-state index is 13.3. The largest absolute Gasteiger partial charge is 0.460 e. The number of nitrogens with zero attached hydrogens (tertiary/aromatic N) is 3. The average Bonchev–Trinajstić information content (AvgIpc) is 3.13. The number of furan rings is 1. The Morgan fingerprint density at radius 3 is 3.04 bits per heavy atom. The van der Waals surface area contributed by atoms with Gasteiger partial charge < -0.3 is 14.3 Å². The molecule has 1 unspecified atom stereocenters. The third-order valence-corrected chi connectivity index (χ3v) is 4.40. The van der Waals surface area contributed by atoms with Gasteiger partial charge in [-0.1, -0.05) is 0 Å². The quantitative estimate of drug-likeness (QED) is 0.789. The topological polar surface area (TPSA) is 46.2 Å². The van der Waals surface area contributed by atoms with Crippen molar-refractivity contribution >= 4 is 23.4 Å². The van der Waals surface area contributed by atoms with E-state index in [1.807, 2.05) is 25.5 Å². The summed E-state index contributed by atoms with van der Waals surface area (Å²) < 4.78 is 21.2. The highest BCUT2D eigenvalue weighted by atomic mass is 35.5. The Morgan fingerprint density at radius 2 is 2.25 bits per heavy atom. The van der Waals surface area contributed by atoms with E-state index in [0.717, 1.165) is 42.2 Å². The molecule has 1 aliphatic heterocycles. The van der Waals surface area contributed by atoms with E-state index in [4.69, 9.17) is 4.42 Å². The molecule has 24 heavy (non-hydrogen) atoms. The summed E-state index contributed by atoms with van der Waals surface area (Å²) in [6.07, 6.45) is 3.79. The number of benzene rings is 1. The van der Waals surface area contributed by atoms with Crippen molar-refractivity contribution in [2.45, 2.75) is 12.6 Å². The van der Waals surface area contributed by atoms with Crippen molar-refractivity contribution in [3.8, 4) is 0 Å². The lowest BCUT2D eigenvalue weighted by Gasteiger charge is -2.35. The Bertz CT molecular complexity index is 831. The zero-order valence-electron chi connectivity index (χ0n) is 13.4. The Hall–Kier alpha value is -1.89. The van der Waals surface area contributed by atoms with Crippen molar-refractivity contribution in [3.63, 3.8) is 0 Å². The molecule has 1 aliphatic rings. The number of aryl methyl sites for hydroxylation is 1. The van der Waals surface area contributed by atoms with Crippen LogP contribution in [0, 0.1) is 5.82 Å². The third-order valence-electron chi connectivity index (χ3n) is 4.40. The maximum atomic E-state index is 13.3. The number of hydrogen-bond donors (Lipinski definition) is 1. The van der Waals surface area contributed by atoms with E-state index < -0.39 is 0 Å². The van der Waals surface area contributed by atoms with Crippen molar-refractivity contribution < 1.29 is 8.81 Å². The summed E-state index contributed by atoms with van der Waals surface area (Å²) in [6.45, 7) is 3.41. The van der Waals surface area contributed by atoms with Crippen LogP contribution in [0.5, 0.6) is 0 Å². The van der Waals surface area contributed by atoms with Gasteiger partial charge in [-0.05, 0) is 24.3 Å². The molecule has 0 amide bonds. The summed E-state index contributed by atoms with van der Waals surface area (Å²) in [5.74, 6) is 1.66. The van der Waals surface area contributed by atoms with E-state index in [1.54, 1.807) is 6.07 Å². The van der Waals surface area contributed by atoms with Gasteiger partial charge in [0.2, 0.25) is 0 Å². The smallest absolute Gasteiger partial charge is 0.134 e. The van der Waals surface area contributed by atoms with Crippen molar-refractivity contribution in [1.82, 2.24) is 19.8 Å². The molecule has 1 fully saturated rings. The summed E-state index contributed by atoms with van der Waals surface area (Å²) in [6, 6.07) is 6.75. The van der Waals surface area contributed by atoms with Crippen LogP contribution in [0.4, 0.5) is 4.39 Å². The fourth-order valence-electron chi connectivity index (χ4n) is 3.24. The van der Waals surface area contributed by atoms with E-state index in [-0.39, 0.29) is 24.3 Å². The van der Waals surface area contributed by atoms with Gasteiger partial charge in [0, 0.05) is 44.5 Å². The predicted molar refractivity (Wildman–Crippen MR) is 92.6 cm³/mol. The standard InChI is InChI=1S/C17H19FN4O.ClH/c1-21-6-5-20-17(21)15-10-19-4-7-22(15)11-14-9-12-8-13(18)2-3-16(12)23-14;/h2-3,5-6,8-9,15,19H,4,7,10-11H2,1H3;1H. The molecule has 1 saturated heterocycles. The second kappa shape index (κ2) is 6.93. The Labute approximate surface area is 145 Å². The van der Waals surface area contributed by atoms with E-state index in [9.17, 15) is 4.39 Å². The summed E-state index contributed by atoms with van der Waals surface area (Å²) in [4.78, 5) is 6.84. The van der Waals surface area contributed by atoms with Crippen LogP contribution in [0.3, 0.4) is 0 Å². The Balaban J connectivity index is 0.00000169. The highest BCUT2D eigenvalue weighted by Crippen LogP contribution is 2.26. The van der Waals surface area contributed by atoms with Gasteiger partial charge in [-0.15, -0.1) is 12.4 Å². The first-order valence-corrected chi connectivity index (χ1v) is 7.81. The lowest BCUT2D eigenvalue weighted by molar-refractivity contribution is 0.135. The summed E-state index contributed by atoms with van der Waals surface area (Å²) in [5, 5.41) is 4.23. The van der Waals surface area contributed by atoms with Gasteiger partial charge in [-0.3, -0.25) is 4.90 Å². The molecule has 2 aromatic heterocycles.